The molecule has 0 saturated carbocycles. The Kier molecular flexibility index (Phi) is 6.38. The minimum absolute atomic E-state index is 0.0483. The standard InChI is InChI=1S/C17H25N3O3/c1-13-12-16(19-23-13)20(14(2)21)11-9-17(22)18-10-8-15-6-4-3-5-7-15/h6,12H,3-5,7-11H2,1-2H3,(H,18,22). The molecule has 0 bridgehead atoms. The molecule has 0 atom stereocenters. The maximum Gasteiger partial charge on any atom is 0.225 e. The Hall–Kier alpha value is -2.11. The molecule has 126 valence electrons. The first-order valence-corrected chi connectivity index (χ1v) is 8.22. The van der Waals surface area contributed by atoms with Gasteiger partial charge in [-0.3, -0.25) is 14.5 Å². The first-order chi connectivity index (χ1) is 11.1. The molecule has 0 aromatic carbocycles. The van der Waals surface area contributed by atoms with Crippen LogP contribution in [0, 0.1) is 6.92 Å². The molecule has 1 aliphatic rings. The summed E-state index contributed by atoms with van der Waals surface area (Å²) in [5, 5.41) is 6.75. The number of allylic oxidation sites excluding steroid dienone is 1. The van der Waals surface area contributed by atoms with E-state index in [-0.39, 0.29) is 18.2 Å². The van der Waals surface area contributed by atoms with Crippen LogP contribution < -0.4 is 10.2 Å². The van der Waals surface area contributed by atoms with Gasteiger partial charge in [-0.2, -0.15) is 0 Å². The smallest absolute Gasteiger partial charge is 0.225 e. The Morgan fingerprint density at radius 1 is 1.39 bits per heavy atom. The summed E-state index contributed by atoms with van der Waals surface area (Å²) in [6, 6.07) is 1.69. The Balaban J connectivity index is 1.73. The summed E-state index contributed by atoms with van der Waals surface area (Å²) in [5.74, 6) is 0.887. The van der Waals surface area contributed by atoms with E-state index >= 15 is 0 Å². The second-order valence-electron chi connectivity index (χ2n) is 5.92. The van der Waals surface area contributed by atoms with Crippen molar-refractivity contribution in [3.8, 4) is 0 Å². The highest BCUT2D eigenvalue weighted by Gasteiger charge is 2.16. The zero-order valence-corrected chi connectivity index (χ0v) is 13.9. The van der Waals surface area contributed by atoms with Crippen molar-refractivity contribution in [1.29, 1.82) is 0 Å². The van der Waals surface area contributed by atoms with Gasteiger partial charge in [0, 0.05) is 32.5 Å². The zero-order chi connectivity index (χ0) is 16.7. The van der Waals surface area contributed by atoms with E-state index in [4.69, 9.17) is 4.52 Å². The molecule has 6 nitrogen and oxygen atoms in total. The number of rotatable bonds is 7. The minimum atomic E-state index is -0.154. The predicted octanol–water partition coefficient (Wildman–Crippen LogP) is 2.73. The molecular formula is C17H25N3O3. The van der Waals surface area contributed by atoms with E-state index in [1.54, 1.807) is 13.0 Å². The average molecular weight is 319 g/mol. The molecule has 1 aliphatic carbocycles. The van der Waals surface area contributed by atoms with Gasteiger partial charge in [-0.25, -0.2) is 0 Å². The number of aromatic nitrogens is 1. The predicted molar refractivity (Wildman–Crippen MR) is 88.1 cm³/mol. The van der Waals surface area contributed by atoms with Crippen molar-refractivity contribution in [3.63, 3.8) is 0 Å². The van der Waals surface area contributed by atoms with E-state index in [1.807, 2.05) is 0 Å². The maximum atomic E-state index is 11.9. The molecule has 2 amide bonds. The summed E-state index contributed by atoms with van der Waals surface area (Å²) in [6.45, 7) is 4.18. The van der Waals surface area contributed by atoms with E-state index < -0.39 is 0 Å². The quantitative estimate of drug-likeness (QED) is 0.784. The van der Waals surface area contributed by atoms with Gasteiger partial charge in [0.15, 0.2) is 5.82 Å². The van der Waals surface area contributed by atoms with Crippen LogP contribution in [0.2, 0.25) is 0 Å². The van der Waals surface area contributed by atoms with Crippen LogP contribution in [-0.2, 0) is 9.59 Å². The van der Waals surface area contributed by atoms with Crippen LogP contribution in [0.1, 0.15) is 51.2 Å². The van der Waals surface area contributed by atoms with Crippen molar-refractivity contribution in [2.45, 2.75) is 52.4 Å². The summed E-state index contributed by atoms with van der Waals surface area (Å²) < 4.78 is 4.98. The number of aryl methyl sites for hydroxylation is 1. The lowest BCUT2D eigenvalue weighted by molar-refractivity contribution is -0.121. The first-order valence-electron chi connectivity index (χ1n) is 8.22. The van der Waals surface area contributed by atoms with Gasteiger partial charge < -0.3 is 9.84 Å². The number of hydrogen-bond donors (Lipinski definition) is 1. The lowest BCUT2D eigenvalue weighted by atomic mass is 9.97. The summed E-state index contributed by atoms with van der Waals surface area (Å²) in [4.78, 5) is 25.1. The van der Waals surface area contributed by atoms with Crippen molar-refractivity contribution in [2.75, 3.05) is 18.0 Å². The molecule has 0 unspecified atom stereocenters. The fourth-order valence-electron chi connectivity index (χ4n) is 2.71. The molecular weight excluding hydrogens is 294 g/mol. The summed E-state index contributed by atoms with van der Waals surface area (Å²) >= 11 is 0. The van der Waals surface area contributed by atoms with Crippen LogP contribution in [0.3, 0.4) is 0 Å². The Labute approximate surface area is 136 Å². The second kappa shape index (κ2) is 8.50. The Morgan fingerprint density at radius 3 is 2.83 bits per heavy atom. The molecule has 2 rings (SSSR count). The van der Waals surface area contributed by atoms with Crippen LogP contribution in [0.15, 0.2) is 22.2 Å². The average Bonchev–Trinajstić information content (AvgIpc) is 2.94. The van der Waals surface area contributed by atoms with Crippen molar-refractivity contribution in [2.24, 2.45) is 0 Å². The fraction of sp³-hybridized carbons (Fsp3) is 0.588. The van der Waals surface area contributed by atoms with Crippen molar-refractivity contribution >= 4 is 17.6 Å². The molecule has 0 radical (unpaired) electrons. The van der Waals surface area contributed by atoms with Gasteiger partial charge in [0.2, 0.25) is 11.8 Å². The number of anilines is 1. The van der Waals surface area contributed by atoms with Crippen molar-refractivity contribution in [1.82, 2.24) is 10.5 Å². The number of amides is 2. The van der Waals surface area contributed by atoms with Gasteiger partial charge in [0.25, 0.3) is 0 Å². The number of nitrogens with one attached hydrogen (secondary N) is 1. The topological polar surface area (TPSA) is 75.4 Å². The van der Waals surface area contributed by atoms with Gasteiger partial charge in [-0.05, 0) is 39.0 Å². The summed E-state index contributed by atoms with van der Waals surface area (Å²) in [5.41, 5.74) is 1.44. The largest absolute Gasteiger partial charge is 0.360 e. The van der Waals surface area contributed by atoms with Crippen LogP contribution in [0.4, 0.5) is 5.82 Å². The van der Waals surface area contributed by atoms with Gasteiger partial charge in [-0.15, -0.1) is 0 Å². The highest BCUT2D eigenvalue weighted by atomic mass is 16.5. The molecule has 0 aliphatic heterocycles. The van der Waals surface area contributed by atoms with E-state index in [2.05, 4.69) is 16.5 Å². The highest BCUT2D eigenvalue weighted by Crippen LogP contribution is 2.19. The van der Waals surface area contributed by atoms with E-state index in [0.29, 0.717) is 24.7 Å². The zero-order valence-electron chi connectivity index (χ0n) is 13.9. The van der Waals surface area contributed by atoms with Gasteiger partial charge in [0.1, 0.15) is 5.76 Å². The van der Waals surface area contributed by atoms with Crippen LogP contribution >= 0.6 is 0 Å². The summed E-state index contributed by atoms with van der Waals surface area (Å²) in [7, 11) is 0. The van der Waals surface area contributed by atoms with Crippen LogP contribution in [0.25, 0.3) is 0 Å². The van der Waals surface area contributed by atoms with Gasteiger partial charge in [-0.1, -0.05) is 16.8 Å². The minimum Gasteiger partial charge on any atom is -0.360 e. The molecule has 1 aromatic rings. The van der Waals surface area contributed by atoms with E-state index in [1.165, 1.54) is 30.2 Å². The maximum absolute atomic E-state index is 11.9. The monoisotopic (exact) mass is 319 g/mol. The number of carbonyl (C=O) groups excluding carboxylic acids is 2. The third-order valence-electron chi connectivity index (χ3n) is 3.99. The second-order valence-corrected chi connectivity index (χ2v) is 5.92. The lowest BCUT2D eigenvalue weighted by Gasteiger charge is -2.17. The molecule has 1 N–H and O–H groups in total. The number of carbonyl (C=O) groups is 2. The van der Waals surface area contributed by atoms with Crippen LogP contribution in [-0.4, -0.2) is 30.1 Å². The molecule has 1 aromatic heterocycles. The number of nitrogens with zero attached hydrogens (tertiary/aromatic N) is 2. The van der Waals surface area contributed by atoms with Gasteiger partial charge >= 0.3 is 0 Å². The molecule has 0 saturated heterocycles. The fourth-order valence-corrected chi connectivity index (χ4v) is 2.71. The molecule has 6 heteroatoms. The van der Waals surface area contributed by atoms with Crippen molar-refractivity contribution < 1.29 is 14.1 Å². The Bertz CT molecular complexity index is 577. The number of hydrogen-bond acceptors (Lipinski definition) is 4. The van der Waals surface area contributed by atoms with Crippen LogP contribution in [0.5, 0.6) is 0 Å². The normalized spacial score (nSPS) is 14.3. The first kappa shape index (κ1) is 17.2. The van der Waals surface area contributed by atoms with Gasteiger partial charge in [0.05, 0.1) is 0 Å². The third-order valence-corrected chi connectivity index (χ3v) is 3.99. The van der Waals surface area contributed by atoms with E-state index in [9.17, 15) is 9.59 Å². The molecule has 0 spiro atoms. The SMILES string of the molecule is CC(=O)N(CCC(=O)NCCC1=CCCCC1)c1cc(C)on1. The third kappa shape index (κ3) is 5.54. The van der Waals surface area contributed by atoms with Crippen molar-refractivity contribution in [3.05, 3.63) is 23.5 Å². The molecule has 0 fully saturated rings. The molecule has 23 heavy (non-hydrogen) atoms. The highest BCUT2D eigenvalue weighted by molar-refractivity contribution is 5.91. The Morgan fingerprint density at radius 2 is 2.22 bits per heavy atom. The molecule has 1 heterocycles. The lowest BCUT2D eigenvalue weighted by Crippen LogP contribution is -2.34. The van der Waals surface area contributed by atoms with E-state index in [0.717, 1.165) is 19.3 Å². The summed E-state index contributed by atoms with van der Waals surface area (Å²) in [6.07, 6.45) is 8.31.